The monoisotopic (exact) mass is 352 g/mol. The molecule has 2 unspecified atom stereocenters. The van der Waals surface area contributed by atoms with Crippen LogP contribution in [-0.2, 0) is 0 Å². The van der Waals surface area contributed by atoms with Gasteiger partial charge in [-0.1, -0.05) is 6.92 Å². The van der Waals surface area contributed by atoms with Crippen LogP contribution >= 0.6 is 31.9 Å². The third-order valence-corrected chi connectivity index (χ3v) is 4.70. The number of hydrogen-bond acceptors (Lipinski definition) is 3. The maximum Gasteiger partial charge on any atom is 0.183 e. The third kappa shape index (κ3) is 3.09. The van der Waals surface area contributed by atoms with Gasteiger partial charge in [-0.2, -0.15) is 0 Å². The summed E-state index contributed by atoms with van der Waals surface area (Å²) in [6.07, 6.45) is 1.09. The predicted octanol–water partition coefficient (Wildman–Crippen LogP) is 3.53. The molecule has 92 valence electrons. The molecule has 1 aromatic heterocycles. The minimum absolute atomic E-state index is 0.123. The second kappa shape index (κ2) is 6.19. The highest BCUT2D eigenvalue weighted by Crippen LogP contribution is 2.32. The zero-order chi connectivity index (χ0) is 12.3. The van der Waals surface area contributed by atoms with Gasteiger partial charge in [-0.15, -0.1) is 0 Å². The van der Waals surface area contributed by atoms with E-state index in [1.54, 1.807) is 0 Å². The Balaban J connectivity index is 2.89. The van der Waals surface area contributed by atoms with Crippen LogP contribution in [0.25, 0.3) is 0 Å². The van der Waals surface area contributed by atoms with Crippen LogP contribution in [-0.4, -0.2) is 24.5 Å². The second-order valence-electron chi connectivity index (χ2n) is 3.94. The standard InChI is InChI=1S/C11H18Br2N2O/c1-4-7(2)15(3)9(6-14)10-5-8(12)11(13)16-10/h5,7,9H,4,6,14H2,1-3H3. The van der Waals surface area contributed by atoms with Crippen LogP contribution in [0, 0.1) is 0 Å². The molecule has 0 aliphatic heterocycles. The number of likely N-dealkylation sites (N-methyl/N-ethyl adjacent to an activating group) is 1. The molecule has 5 heteroatoms. The van der Waals surface area contributed by atoms with E-state index >= 15 is 0 Å². The van der Waals surface area contributed by atoms with E-state index in [4.69, 9.17) is 10.2 Å². The van der Waals surface area contributed by atoms with E-state index in [0.717, 1.165) is 21.3 Å². The molecule has 0 saturated heterocycles. The normalized spacial score (nSPS) is 15.4. The zero-order valence-electron chi connectivity index (χ0n) is 9.84. The summed E-state index contributed by atoms with van der Waals surface area (Å²) in [5.74, 6) is 0.893. The first-order valence-corrected chi connectivity index (χ1v) is 6.96. The third-order valence-electron chi connectivity index (χ3n) is 2.99. The van der Waals surface area contributed by atoms with Crippen molar-refractivity contribution in [2.24, 2.45) is 5.73 Å². The zero-order valence-corrected chi connectivity index (χ0v) is 13.0. The molecule has 0 radical (unpaired) electrons. The largest absolute Gasteiger partial charge is 0.451 e. The summed E-state index contributed by atoms with van der Waals surface area (Å²) >= 11 is 6.76. The van der Waals surface area contributed by atoms with Crippen LogP contribution in [0.1, 0.15) is 32.1 Å². The molecule has 1 heterocycles. The predicted molar refractivity (Wildman–Crippen MR) is 73.4 cm³/mol. The summed E-state index contributed by atoms with van der Waals surface area (Å²) in [5, 5.41) is 0. The number of nitrogens with two attached hydrogens (primary N) is 1. The van der Waals surface area contributed by atoms with Crippen LogP contribution in [0.4, 0.5) is 0 Å². The van der Waals surface area contributed by atoms with Gasteiger partial charge in [0.15, 0.2) is 4.67 Å². The van der Waals surface area contributed by atoms with Crippen molar-refractivity contribution in [3.05, 3.63) is 21.0 Å². The lowest BCUT2D eigenvalue weighted by atomic mass is 10.1. The van der Waals surface area contributed by atoms with Crippen molar-refractivity contribution in [3.8, 4) is 0 Å². The fourth-order valence-electron chi connectivity index (χ4n) is 1.61. The summed E-state index contributed by atoms with van der Waals surface area (Å²) in [7, 11) is 2.08. The Labute approximate surface area is 114 Å². The van der Waals surface area contributed by atoms with E-state index in [-0.39, 0.29) is 6.04 Å². The highest BCUT2D eigenvalue weighted by molar-refractivity contribution is 9.13. The lowest BCUT2D eigenvalue weighted by Crippen LogP contribution is -2.36. The van der Waals surface area contributed by atoms with E-state index in [1.165, 1.54) is 0 Å². The molecule has 0 aromatic carbocycles. The Bertz CT molecular complexity index is 321. The fraction of sp³-hybridized carbons (Fsp3) is 0.636. The van der Waals surface area contributed by atoms with Gasteiger partial charge in [0.05, 0.1) is 10.5 Å². The molecule has 0 spiro atoms. The van der Waals surface area contributed by atoms with Crippen molar-refractivity contribution in [2.45, 2.75) is 32.4 Å². The number of furan rings is 1. The molecule has 1 rings (SSSR count). The molecular weight excluding hydrogens is 336 g/mol. The lowest BCUT2D eigenvalue weighted by molar-refractivity contribution is 0.163. The van der Waals surface area contributed by atoms with Crippen molar-refractivity contribution >= 4 is 31.9 Å². The first-order chi connectivity index (χ1) is 7.51. The van der Waals surface area contributed by atoms with Gasteiger partial charge in [0.25, 0.3) is 0 Å². The topological polar surface area (TPSA) is 42.4 Å². The molecule has 3 nitrogen and oxygen atoms in total. The molecule has 2 atom stereocenters. The summed E-state index contributed by atoms with van der Waals surface area (Å²) in [4.78, 5) is 2.25. The van der Waals surface area contributed by atoms with Gasteiger partial charge < -0.3 is 10.2 Å². The van der Waals surface area contributed by atoms with E-state index in [2.05, 4.69) is 57.7 Å². The second-order valence-corrected chi connectivity index (χ2v) is 5.52. The number of hydrogen-bond donors (Lipinski definition) is 1. The van der Waals surface area contributed by atoms with Gasteiger partial charge in [-0.25, -0.2) is 0 Å². The first kappa shape index (κ1) is 14.2. The summed E-state index contributed by atoms with van der Waals surface area (Å²) in [5.41, 5.74) is 5.83. The minimum Gasteiger partial charge on any atom is -0.451 e. The van der Waals surface area contributed by atoms with Crippen LogP contribution in [0.5, 0.6) is 0 Å². The van der Waals surface area contributed by atoms with E-state index in [9.17, 15) is 0 Å². The van der Waals surface area contributed by atoms with Gasteiger partial charge in [-0.05, 0) is 58.3 Å². The quantitative estimate of drug-likeness (QED) is 0.880. The van der Waals surface area contributed by atoms with E-state index in [0.29, 0.717) is 12.6 Å². The summed E-state index contributed by atoms with van der Waals surface area (Å²) in [6.45, 7) is 4.91. The SMILES string of the molecule is CCC(C)N(C)C(CN)c1cc(Br)c(Br)o1. The van der Waals surface area contributed by atoms with Crippen molar-refractivity contribution in [2.75, 3.05) is 13.6 Å². The number of nitrogens with zero attached hydrogens (tertiary/aromatic N) is 1. The van der Waals surface area contributed by atoms with Gasteiger partial charge in [0.1, 0.15) is 5.76 Å². The van der Waals surface area contributed by atoms with Crippen molar-refractivity contribution in [1.82, 2.24) is 4.90 Å². The summed E-state index contributed by atoms with van der Waals surface area (Å²) < 4.78 is 7.28. The highest BCUT2D eigenvalue weighted by atomic mass is 79.9. The van der Waals surface area contributed by atoms with Crippen LogP contribution < -0.4 is 5.73 Å². The van der Waals surface area contributed by atoms with Gasteiger partial charge >= 0.3 is 0 Å². The smallest absolute Gasteiger partial charge is 0.183 e. The van der Waals surface area contributed by atoms with E-state index < -0.39 is 0 Å². The van der Waals surface area contributed by atoms with Gasteiger partial charge in [0, 0.05) is 12.6 Å². The average Bonchev–Trinajstić information content (AvgIpc) is 2.58. The van der Waals surface area contributed by atoms with Crippen LogP contribution in [0.3, 0.4) is 0 Å². The Hall–Kier alpha value is 0.160. The molecule has 0 saturated carbocycles. The molecule has 0 fully saturated rings. The molecular formula is C11H18Br2N2O. The fourth-order valence-corrected chi connectivity index (χ4v) is 2.21. The Morgan fingerprint density at radius 1 is 1.50 bits per heavy atom. The molecule has 0 amide bonds. The molecule has 2 N–H and O–H groups in total. The Morgan fingerprint density at radius 3 is 2.50 bits per heavy atom. The average molecular weight is 354 g/mol. The highest BCUT2D eigenvalue weighted by Gasteiger charge is 2.23. The first-order valence-electron chi connectivity index (χ1n) is 5.38. The van der Waals surface area contributed by atoms with Crippen molar-refractivity contribution < 1.29 is 4.42 Å². The van der Waals surface area contributed by atoms with Gasteiger partial charge in [0.2, 0.25) is 0 Å². The molecule has 16 heavy (non-hydrogen) atoms. The molecule has 0 aliphatic carbocycles. The van der Waals surface area contributed by atoms with Crippen LogP contribution in [0.15, 0.2) is 19.6 Å². The van der Waals surface area contributed by atoms with Crippen LogP contribution in [0.2, 0.25) is 0 Å². The molecule has 0 bridgehead atoms. The number of halogens is 2. The van der Waals surface area contributed by atoms with Crippen molar-refractivity contribution in [3.63, 3.8) is 0 Å². The molecule has 1 aromatic rings. The maximum atomic E-state index is 5.83. The lowest BCUT2D eigenvalue weighted by Gasteiger charge is -2.30. The number of rotatable bonds is 5. The van der Waals surface area contributed by atoms with Crippen molar-refractivity contribution in [1.29, 1.82) is 0 Å². The Kier molecular flexibility index (Phi) is 5.50. The van der Waals surface area contributed by atoms with Gasteiger partial charge in [-0.3, -0.25) is 4.90 Å². The Morgan fingerprint density at radius 2 is 2.12 bits per heavy atom. The summed E-state index contributed by atoms with van der Waals surface area (Å²) in [6, 6.07) is 2.58. The molecule has 0 aliphatic rings. The maximum absolute atomic E-state index is 5.83. The van der Waals surface area contributed by atoms with E-state index in [1.807, 2.05) is 6.07 Å². The minimum atomic E-state index is 0.123.